The van der Waals surface area contributed by atoms with Crippen LogP contribution in [-0.2, 0) is 17.8 Å². The number of alkyl halides is 2. The highest BCUT2D eigenvalue weighted by Gasteiger charge is 2.45. The second-order valence-corrected chi connectivity index (χ2v) is 10.3. The average molecular weight is 548 g/mol. The summed E-state index contributed by atoms with van der Waals surface area (Å²) in [5.74, 6) is 0.00870. The van der Waals surface area contributed by atoms with Gasteiger partial charge in [0.25, 0.3) is 12.9 Å². The Balaban J connectivity index is 0.00000112. The molecule has 208 valence electrons. The van der Waals surface area contributed by atoms with Gasteiger partial charge in [-0.3, -0.25) is 4.79 Å². The Morgan fingerprint density at radius 3 is 2.54 bits per heavy atom. The minimum absolute atomic E-state index is 0.00828. The maximum atomic E-state index is 14.7. The smallest absolute Gasteiger partial charge is 0.290 e. The molecular formula is C29H29F4NO5. The van der Waals surface area contributed by atoms with Crippen LogP contribution in [0.1, 0.15) is 61.3 Å². The largest absolute Gasteiger partial charge is 0.490 e. The minimum atomic E-state index is -2.96. The second-order valence-electron chi connectivity index (χ2n) is 10.3. The summed E-state index contributed by atoms with van der Waals surface area (Å²) in [6.07, 6.45) is 1.32. The van der Waals surface area contributed by atoms with Crippen LogP contribution in [-0.4, -0.2) is 33.9 Å². The number of benzene rings is 2. The van der Waals surface area contributed by atoms with Gasteiger partial charge in [-0.05, 0) is 85.0 Å². The molecule has 2 aliphatic rings. The summed E-state index contributed by atoms with van der Waals surface area (Å²) in [6, 6.07) is 7.76. The van der Waals surface area contributed by atoms with Crippen LogP contribution in [0.15, 0.2) is 42.6 Å². The number of nitrogens with zero attached hydrogens (tertiary/aromatic N) is 1. The number of carbonyl (C=O) groups is 1. The van der Waals surface area contributed by atoms with Gasteiger partial charge < -0.3 is 19.7 Å². The molecule has 2 N–H and O–H groups in total. The fraction of sp³-hybridized carbons (Fsp3) is 0.379. The summed E-state index contributed by atoms with van der Waals surface area (Å²) >= 11 is 0. The first-order valence-corrected chi connectivity index (χ1v) is 12.5. The van der Waals surface area contributed by atoms with Gasteiger partial charge >= 0.3 is 0 Å². The number of hydrogen-bond donors (Lipinski definition) is 2. The van der Waals surface area contributed by atoms with Gasteiger partial charge in [-0.25, -0.2) is 22.5 Å². The molecule has 0 saturated heterocycles. The lowest BCUT2D eigenvalue weighted by molar-refractivity contribution is -0.122. The quantitative estimate of drug-likeness (QED) is 0.237. The van der Waals surface area contributed by atoms with Gasteiger partial charge in [-0.2, -0.15) is 0 Å². The molecule has 0 radical (unpaired) electrons. The fourth-order valence-corrected chi connectivity index (χ4v) is 4.73. The third-order valence-corrected chi connectivity index (χ3v) is 6.85. The Morgan fingerprint density at radius 2 is 1.87 bits per heavy atom. The van der Waals surface area contributed by atoms with Crippen molar-refractivity contribution in [3.63, 3.8) is 0 Å². The van der Waals surface area contributed by atoms with E-state index < -0.39 is 29.2 Å². The van der Waals surface area contributed by atoms with Gasteiger partial charge in [0.1, 0.15) is 12.4 Å². The lowest BCUT2D eigenvalue weighted by Gasteiger charge is -2.18. The van der Waals surface area contributed by atoms with Crippen LogP contribution in [0.4, 0.5) is 17.6 Å². The van der Waals surface area contributed by atoms with Crippen LogP contribution in [0, 0.1) is 17.6 Å². The van der Waals surface area contributed by atoms with E-state index >= 15 is 0 Å². The van der Waals surface area contributed by atoms with E-state index in [9.17, 15) is 22.7 Å². The zero-order valence-corrected chi connectivity index (χ0v) is 21.5. The molecule has 39 heavy (non-hydrogen) atoms. The maximum absolute atomic E-state index is 14.7. The number of aromatic nitrogens is 1. The third kappa shape index (κ3) is 6.86. The summed E-state index contributed by atoms with van der Waals surface area (Å²) in [5.41, 5.74) is 1.16. The summed E-state index contributed by atoms with van der Waals surface area (Å²) in [6.45, 7) is 2.85. The van der Waals surface area contributed by atoms with E-state index in [0.29, 0.717) is 17.7 Å². The van der Waals surface area contributed by atoms with E-state index in [4.69, 9.17) is 19.4 Å². The zero-order chi connectivity index (χ0) is 28.3. The van der Waals surface area contributed by atoms with Gasteiger partial charge in [0.15, 0.2) is 11.6 Å². The van der Waals surface area contributed by atoms with Crippen molar-refractivity contribution in [2.45, 2.75) is 57.7 Å². The second kappa shape index (κ2) is 11.6. The van der Waals surface area contributed by atoms with E-state index in [1.165, 1.54) is 35.7 Å². The topological polar surface area (TPSA) is 88.9 Å². The predicted octanol–water partition coefficient (Wildman–Crippen LogP) is 6.44. The number of ether oxygens (including phenoxy) is 2. The third-order valence-electron chi connectivity index (χ3n) is 6.85. The minimum Gasteiger partial charge on any atom is -0.490 e. The van der Waals surface area contributed by atoms with Crippen LogP contribution >= 0.6 is 0 Å². The Kier molecular flexibility index (Phi) is 8.44. The first-order chi connectivity index (χ1) is 18.5. The molecule has 2 aliphatic carbocycles. The molecule has 10 heteroatoms. The lowest BCUT2D eigenvalue weighted by atomic mass is 9.96. The SMILES string of the molecule is CC(C)(O)CCOc1ccc(-c2cc(COc3cc4c(cn3)C3CC3C4)c(F)cc2C(F)F)cc1F.O=CO. The van der Waals surface area contributed by atoms with Crippen molar-refractivity contribution in [3.8, 4) is 22.8 Å². The van der Waals surface area contributed by atoms with Gasteiger partial charge in [-0.15, -0.1) is 0 Å². The van der Waals surface area contributed by atoms with Gasteiger partial charge in [0, 0.05) is 29.8 Å². The molecule has 0 spiro atoms. The maximum Gasteiger partial charge on any atom is 0.290 e. The van der Waals surface area contributed by atoms with E-state index in [2.05, 4.69) is 4.98 Å². The van der Waals surface area contributed by atoms with Crippen LogP contribution < -0.4 is 9.47 Å². The van der Waals surface area contributed by atoms with E-state index in [0.717, 1.165) is 18.6 Å². The summed E-state index contributed by atoms with van der Waals surface area (Å²) in [7, 11) is 0. The molecule has 2 unspecified atom stereocenters. The van der Waals surface area contributed by atoms with Crippen molar-refractivity contribution < 1.29 is 42.0 Å². The highest BCUT2D eigenvalue weighted by Crippen LogP contribution is 2.56. The molecule has 2 atom stereocenters. The summed E-state index contributed by atoms with van der Waals surface area (Å²) in [5, 5.41) is 16.7. The predicted molar refractivity (Wildman–Crippen MR) is 135 cm³/mol. The zero-order valence-electron chi connectivity index (χ0n) is 21.5. The van der Waals surface area contributed by atoms with Crippen LogP contribution in [0.5, 0.6) is 11.6 Å². The molecule has 1 fully saturated rings. The molecule has 1 saturated carbocycles. The molecule has 0 aliphatic heterocycles. The van der Waals surface area contributed by atoms with Crippen molar-refractivity contribution >= 4 is 6.47 Å². The molecular weight excluding hydrogens is 518 g/mol. The molecule has 1 heterocycles. The Hall–Kier alpha value is -3.66. The Labute approximate surface area is 223 Å². The Bertz CT molecular complexity index is 1340. The molecule has 1 aromatic heterocycles. The van der Waals surface area contributed by atoms with Gasteiger partial charge in [-0.1, -0.05) is 6.07 Å². The molecule has 0 bridgehead atoms. The van der Waals surface area contributed by atoms with Gasteiger partial charge in [0.05, 0.1) is 12.2 Å². The van der Waals surface area contributed by atoms with Crippen LogP contribution in [0.2, 0.25) is 0 Å². The van der Waals surface area contributed by atoms with Crippen molar-refractivity contribution in [2.24, 2.45) is 5.92 Å². The highest BCUT2D eigenvalue weighted by atomic mass is 19.3. The van der Waals surface area contributed by atoms with Crippen molar-refractivity contribution in [1.29, 1.82) is 0 Å². The van der Waals surface area contributed by atoms with Crippen molar-refractivity contribution in [2.75, 3.05) is 6.61 Å². The highest BCUT2D eigenvalue weighted by molar-refractivity contribution is 5.69. The van der Waals surface area contributed by atoms with Gasteiger partial charge in [0.2, 0.25) is 5.88 Å². The normalized spacial score (nSPS) is 17.1. The Morgan fingerprint density at radius 1 is 1.13 bits per heavy atom. The van der Waals surface area contributed by atoms with E-state index in [1.807, 2.05) is 6.07 Å². The number of rotatable bonds is 9. The number of carboxylic acid groups (broad SMARTS) is 1. The lowest BCUT2D eigenvalue weighted by Crippen LogP contribution is -2.21. The summed E-state index contributed by atoms with van der Waals surface area (Å²) < 4.78 is 68.0. The average Bonchev–Trinajstić information content (AvgIpc) is 3.54. The number of pyridine rings is 1. The summed E-state index contributed by atoms with van der Waals surface area (Å²) in [4.78, 5) is 12.7. The molecule has 0 amide bonds. The number of hydrogen-bond acceptors (Lipinski definition) is 5. The van der Waals surface area contributed by atoms with E-state index in [-0.39, 0.29) is 48.5 Å². The number of aliphatic hydroxyl groups is 1. The number of halogens is 4. The standard InChI is InChI=1S/C28H27F4NO3.CH2O2/c1-28(2,34)5-6-35-25-4-3-15(10-24(25)30)19-9-18(23(29)12-21(19)27(31)32)14-36-26-11-17-7-16-8-20(16)22(17)13-33-26;2-1-3/h3-4,9-13,16,20,27,34H,5-8,14H2,1-2H3;1H,(H,2,3). The molecule has 6 nitrogen and oxygen atoms in total. The van der Waals surface area contributed by atoms with Crippen molar-refractivity contribution in [1.82, 2.24) is 4.98 Å². The van der Waals surface area contributed by atoms with Crippen LogP contribution in [0.3, 0.4) is 0 Å². The van der Waals surface area contributed by atoms with E-state index in [1.54, 1.807) is 20.0 Å². The van der Waals surface area contributed by atoms with Crippen molar-refractivity contribution in [3.05, 3.63) is 76.5 Å². The molecule has 2 aromatic carbocycles. The first-order valence-electron chi connectivity index (χ1n) is 12.5. The molecule has 5 rings (SSSR count). The monoisotopic (exact) mass is 547 g/mol. The first kappa shape index (κ1) is 28.4. The van der Waals surface area contributed by atoms with Crippen LogP contribution in [0.25, 0.3) is 11.1 Å². The number of fused-ring (bicyclic) bond motifs is 3. The fourth-order valence-electron chi connectivity index (χ4n) is 4.73. The molecule has 3 aromatic rings.